The summed E-state index contributed by atoms with van der Waals surface area (Å²) in [6, 6.07) is 0. The summed E-state index contributed by atoms with van der Waals surface area (Å²) in [5, 5.41) is 9.00. The van der Waals surface area contributed by atoms with E-state index < -0.39 is 0 Å². The van der Waals surface area contributed by atoms with Gasteiger partial charge in [0.25, 0.3) is 0 Å². The largest absolute Gasteiger partial charge is 1.00 e. The summed E-state index contributed by atoms with van der Waals surface area (Å²) in [5.41, 5.74) is 0. The summed E-state index contributed by atoms with van der Waals surface area (Å²) in [5.74, 6) is 0. The van der Waals surface area contributed by atoms with Crippen LogP contribution in [0.2, 0.25) is 0 Å². The van der Waals surface area contributed by atoms with E-state index in [-0.39, 0.29) is 35.4 Å². The Morgan fingerprint density at radius 3 is 1.60 bits per heavy atom. The van der Waals surface area contributed by atoms with E-state index in [4.69, 9.17) is 10.1 Å². The van der Waals surface area contributed by atoms with Crippen molar-refractivity contribution in [1.29, 1.82) is 0 Å². The molecule has 0 N–H and O–H groups in total. The van der Waals surface area contributed by atoms with Crippen LogP contribution < -0.4 is 18.9 Å². The Kier molecular flexibility index (Phi) is 87.9. The van der Waals surface area contributed by atoms with Gasteiger partial charge in [0.05, 0.1) is 0 Å². The van der Waals surface area contributed by atoms with Crippen LogP contribution in [0.15, 0.2) is 5.34 Å². The SMILES string of the molecule is O=N[O-].[Li+].[Ni]. The molecule has 0 bridgehead atoms. The van der Waals surface area contributed by atoms with Gasteiger partial charge in [-0.05, 0) is 0 Å². The van der Waals surface area contributed by atoms with E-state index in [1.165, 1.54) is 0 Å². The minimum atomic E-state index is 0. The predicted molar refractivity (Wildman–Crippen MR) is 9.16 cm³/mol. The van der Waals surface area contributed by atoms with Gasteiger partial charge in [0, 0.05) is 16.5 Å². The molecule has 0 atom stereocenters. The standard InChI is InChI=1S/Li.HNO2.Ni/c;2-1-3;/h;(H,2,3);/q+1;;/p-1. The molecule has 0 aromatic rings. The molecule has 28 valence electrons. The van der Waals surface area contributed by atoms with Crippen LogP contribution in [-0.2, 0) is 16.5 Å². The first-order valence-electron chi connectivity index (χ1n) is 0.365. The van der Waals surface area contributed by atoms with Gasteiger partial charge >= 0.3 is 18.9 Å². The van der Waals surface area contributed by atoms with Gasteiger partial charge in [0.1, 0.15) is 0 Å². The Hall–Kier alpha value is 0.491. The van der Waals surface area contributed by atoms with E-state index in [9.17, 15) is 0 Å². The van der Waals surface area contributed by atoms with Crippen LogP contribution >= 0.6 is 0 Å². The fraction of sp³-hybridized carbons (Fsp3) is 0. The second kappa shape index (κ2) is 24.6. The predicted octanol–water partition coefficient (Wildman–Crippen LogP) is -2.75. The van der Waals surface area contributed by atoms with Gasteiger partial charge in [-0.1, -0.05) is 0 Å². The fourth-order valence-electron chi connectivity index (χ4n) is 0. The van der Waals surface area contributed by atoms with Gasteiger partial charge in [0.2, 0.25) is 0 Å². The summed E-state index contributed by atoms with van der Waals surface area (Å²) in [4.78, 5) is 8.00. The van der Waals surface area contributed by atoms with E-state index >= 15 is 0 Å². The maximum absolute atomic E-state index is 8.00. The molecule has 0 rings (SSSR count). The van der Waals surface area contributed by atoms with Crippen LogP contribution in [0.25, 0.3) is 0 Å². The normalized spacial score (nSPS) is 2.40. The molecule has 5 heteroatoms. The van der Waals surface area contributed by atoms with Gasteiger partial charge in [0.15, 0.2) is 0 Å². The maximum Gasteiger partial charge on any atom is 1.00 e. The Balaban J connectivity index is -0.0000000200. The van der Waals surface area contributed by atoms with Crippen molar-refractivity contribution < 1.29 is 35.4 Å². The Morgan fingerprint density at radius 1 is 1.60 bits per heavy atom. The second-order valence-corrected chi connectivity index (χ2v) is 0.0745. The number of nitrogens with zero attached hydrogens (tertiary/aromatic N) is 1. The summed E-state index contributed by atoms with van der Waals surface area (Å²) in [7, 11) is 0. The van der Waals surface area contributed by atoms with Crippen LogP contribution in [0.3, 0.4) is 0 Å². The Bertz CT molecular complexity index is 17.1. The zero-order chi connectivity index (χ0) is 2.71. The average Bonchev–Trinajstić information content (AvgIpc) is 0.918. The van der Waals surface area contributed by atoms with Crippen molar-refractivity contribution in [2.24, 2.45) is 5.34 Å². The third kappa shape index (κ3) is 116. The molecular weight excluding hydrogens is 112 g/mol. The van der Waals surface area contributed by atoms with Gasteiger partial charge in [-0.2, -0.15) is 0 Å². The molecule has 0 fully saturated rings. The molecule has 0 aliphatic carbocycles. The first-order valence-corrected chi connectivity index (χ1v) is 0.365. The second-order valence-electron chi connectivity index (χ2n) is 0.0745. The third-order valence-corrected chi connectivity index (χ3v) is 0. The summed E-state index contributed by atoms with van der Waals surface area (Å²) >= 11 is 0. The molecule has 0 aliphatic heterocycles. The minimum Gasteiger partial charge on any atom is -0.444 e. The minimum absolute atomic E-state index is 0. The Morgan fingerprint density at radius 2 is 1.60 bits per heavy atom. The zero-order valence-corrected chi connectivity index (χ0v) is 3.57. The molecule has 0 saturated carbocycles. The van der Waals surface area contributed by atoms with Crippen molar-refractivity contribution >= 4 is 0 Å². The molecule has 3 nitrogen and oxygen atoms in total. The maximum atomic E-state index is 8.00. The van der Waals surface area contributed by atoms with E-state index in [1.807, 2.05) is 0 Å². The number of hydrogen-bond donors (Lipinski definition) is 0. The van der Waals surface area contributed by atoms with Gasteiger partial charge in [-0.25, -0.2) is 0 Å². The molecular formula is LiNNiO2. The van der Waals surface area contributed by atoms with Crippen molar-refractivity contribution in [2.45, 2.75) is 0 Å². The van der Waals surface area contributed by atoms with E-state index in [0.29, 0.717) is 0 Å². The molecule has 0 aliphatic rings. The summed E-state index contributed by atoms with van der Waals surface area (Å²) < 4.78 is 0. The summed E-state index contributed by atoms with van der Waals surface area (Å²) in [6.07, 6.45) is 0. The van der Waals surface area contributed by atoms with Crippen molar-refractivity contribution in [3.63, 3.8) is 0 Å². The van der Waals surface area contributed by atoms with Crippen LogP contribution in [0.4, 0.5) is 0 Å². The van der Waals surface area contributed by atoms with Gasteiger partial charge in [-0.15, -0.1) is 5.34 Å². The molecule has 0 spiro atoms. The molecule has 0 heterocycles. The molecule has 0 amide bonds. The Labute approximate surface area is 51.2 Å². The monoisotopic (exact) mass is 111 g/mol. The molecule has 0 unspecified atom stereocenters. The first-order chi connectivity index (χ1) is 1.41. The average molecular weight is 112 g/mol. The van der Waals surface area contributed by atoms with E-state index in [0.717, 1.165) is 5.34 Å². The van der Waals surface area contributed by atoms with Gasteiger partial charge in [-0.3, -0.25) is 0 Å². The van der Waals surface area contributed by atoms with Crippen LogP contribution in [0.1, 0.15) is 0 Å². The number of hydrogen-bond acceptors (Lipinski definition) is 3. The van der Waals surface area contributed by atoms with E-state index in [2.05, 4.69) is 0 Å². The van der Waals surface area contributed by atoms with Crippen LogP contribution in [0, 0.1) is 10.1 Å². The van der Waals surface area contributed by atoms with Crippen molar-refractivity contribution in [3.8, 4) is 0 Å². The van der Waals surface area contributed by atoms with Crippen molar-refractivity contribution in [1.82, 2.24) is 0 Å². The number of rotatable bonds is 0. The zero-order valence-electron chi connectivity index (χ0n) is 2.58. The van der Waals surface area contributed by atoms with Crippen molar-refractivity contribution in [3.05, 3.63) is 10.1 Å². The molecule has 0 radical (unpaired) electrons. The van der Waals surface area contributed by atoms with Crippen LogP contribution in [0.5, 0.6) is 0 Å². The summed E-state index contributed by atoms with van der Waals surface area (Å²) in [6.45, 7) is 0. The quantitative estimate of drug-likeness (QED) is 0.193. The molecule has 0 aromatic carbocycles. The fourth-order valence-corrected chi connectivity index (χ4v) is 0. The molecule has 0 saturated heterocycles. The smallest absolute Gasteiger partial charge is 0.444 e. The topological polar surface area (TPSA) is 52.5 Å². The molecule has 5 heavy (non-hydrogen) atoms. The third-order valence-electron chi connectivity index (χ3n) is 0. The molecule has 0 aromatic heterocycles. The van der Waals surface area contributed by atoms with Gasteiger partial charge < -0.3 is 10.1 Å². The van der Waals surface area contributed by atoms with Crippen molar-refractivity contribution in [2.75, 3.05) is 0 Å². The first kappa shape index (κ1) is 17.8. The van der Waals surface area contributed by atoms with E-state index in [1.54, 1.807) is 0 Å². The van der Waals surface area contributed by atoms with Crippen LogP contribution in [-0.4, -0.2) is 0 Å².